The number of hydrogen-bond acceptors (Lipinski definition) is 5. The Morgan fingerprint density at radius 3 is 2.90 bits per heavy atom. The Hall–Kier alpha value is -1.90. The van der Waals surface area contributed by atoms with Crippen molar-refractivity contribution in [3.63, 3.8) is 0 Å². The van der Waals surface area contributed by atoms with Crippen molar-refractivity contribution in [2.75, 3.05) is 4.72 Å². The number of nitrogens with zero attached hydrogens (tertiary/aromatic N) is 1. The van der Waals surface area contributed by atoms with Gasteiger partial charge in [0.25, 0.3) is 10.0 Å². The van der Waals surface area contributed by atoms with Crippen LogP contribution in [0.2, 0.25) is 0 Å². The van der Waals surface area contributed by atoms with Gasteiger partial charge in [0, 0.05) is 11.4 Å². The molecule has 1 aliphatic heterocycles. The lowest BCUT2D eigenvalue weighted by atomic mass is 9.79. The van der Waals surface area contributed by atoms with E-state index in [1.807, 2.05) is 0 Å². The first-order valence-electron chi connectivity index (χ1n) is 6.35. The van der Waals surface area contributed by atoms with Crippen molar-refractivity contribution < 1.29 is 18.1 Å². The van der Waals surface area contributed by atoms with Crippen molar-refractivity contribution in [2.24, 2.45) is 0 Å². The molecule has 2 heterocycles. The number of benzene rings is 1. The van der Waals surface area contributed by atoms with Crippen LogP contribution in [0.25, 0.3) is 0 Å². The second-order valence-corrected chi connectivity index (χ2v) is 6.43. The zero-order valence-electron chi connectivity index (χ0n) is 11.3. The van der Waals surface area contributed by atoms with Crippen LogP contribution >= 0.6 is 0 Å². The highest BCUT2D eigenvalue weighted by Crippen LogP contribution is 2.18. The summed E-state index contributed by atoms with van der Waals surface area (Å²) in [7, 11) is -4.77. The fourth-order valence-corrected chi connectivity index (χ4v) is 3.22. The van der Waals surface area contributed by atoms with E-state index in [9.17, 15) is 13.4 Å². The molecule has 0 radical (unpaired) electrons. The average molecular weight is 304 g/mol. The molecule has 0 saturated heterocycles. The highest BCUT2D eigenvalue weighted by molar-refractivity contribution is 7.92. The first-order chi connectivity index (χ1) is 9.95. The molecule has 0 amide bonds. The number of sulfonamides is 1. The number of rotatable bonds is 3. The summed E-state index contributed by atoms with van der Waals surface area (Å²) in [5.74, 6) is 0. The SMILES string of the molecule is Cc1cccc(S(=O)(=O)Nc2ccc3c(c2)B(O)OC3)n1. The summed E-state index contributed by atoms with van der Waals surface area (Å²) in [5.41, 5.74) is 2.41. The molecule has 6 nitrogen and oxygen atoms in total. The van der Waals surface area contributed by atoms with Gasteiger partial charge in [-0.15, -0.1) is 0 Å². The van der Waals surface area contributed by atoms with E-state index in [0.717, 1.165) is 5.56 Å². The van der Waals surface area contributed by atoms with E-state index in [-0.39, 0.29) is 5.03 Å². The molecule has 2 aromatic rings. The summed E-state index contributed by atoms with van der Waals surface area (Å²) in [6, 6.07) is 9.72. The molecule has 0 atom stereocenters. The predicted octanol–water partition coefficient (Wildman–Crippen LogP) is 0.409. The van der Waals surface area contributed by atoms with E-state index >= 15 is 0 Å². The molecule has 8 heteroatoms. The largest absolute Gasteiger partial charge is 0.491 e. The summed E-state index contributed by atoms with van der Waals surface area (Å²) in [4.78, 5) is 4.00. The van der Waals surface area contributed by atoms with E-state index in [2.05, 4.69) is 9.71 Å². The fraction of sp³-hybridized carbons (Fsp3) is 0.154. The Morgan fingerprint density at radius 1 is 1.33 bits per heavy atom. The maximum Gasteiger partial charge on any atom is 0.491 e. The Labute approximate surface area is 123 Å². The number of aromatic nitrogens is 1. The summed E-state index contributed by atoms with van der Waals surface area (Å²) in [6.45, 7) is 2.05. The lowest BCUT2D eigenvalue weighted by Gasteiger charge is -2.09. The average Bonchev–Trinajstić information content (AvgIpc) is 2.80. The minimum atomic E-state index is -3.75. The van der Waals surface area contributed by atoms with Crippen molar-refractivity contribution in [1.29, 1.82) is 0 Å². The molecule has 108 valence electrons. The molecule has 1 aromatic carbocycles. The smallest absolute Gasteiger partial charge is 0.423 e. The zero-order chi connectivity index (χ0) is 15.0. The summed E-state index contributed by atoms with van der Waals surface area (Å²) < 4.78 is 32.1. The van der Waals surface area contributed by atoms with Crippen molar-refractivity contribution in [2.45, 2.75) is 18.6 Å². The Bertz CT molecular complexity index is 795. The van der Waals surface area contributed by atoms with Crippen LogP contribution in [0, 0.1) is 6.92 Å². The topological polar surface area (TPSA) is 88.5 Å². The van der Waals surface area contributed by atoms with E-state index in [1.54, 1.807) is 37.3 Å². The fourth-order valence-electron chi connectivity index (χ4n) is 2.15. The molecule has 1 aliphatic rings. The third-order valence-corrected chi connectivity index (χ3v) is 4.48. The van der Waals surface area contributed by atoms with Crippen molar-refractivity contribution in [1.82, 2.24) is 4.98 Å². The van der Waals surface area contributed by atoms with Gasteiger partial charge in [-0.25, -0.2) is 4.98 Å². The molecule has 3 rings (SSSR count). The van der Waals surface area contributed by atoms with Crippen LogP contribution in [0.4, 0.5) is 5.69 Å². The van der Waals surface area contributed by atoms with Crippen LogP contribution in [0.5, 0.6) is 0 Å². The Kier molecular flexibility index (Phi) is 3.44. The minimum Gasteiger partial charge on any atom is -0.423 e. The normalized spacial score (nSPS) is 14.1. The molecule has 21 heavy (non-hydrogen) atoms. The summed E-state index contributed by atoms with van der Waals surface area (Å²) >= 11 is 0. The van der Waals surface area contributed by atoms with Gasteiger partial charge >= 0.3 is 7.12 Å². The first-order valence-corrected chi connectivity index (χ1v) is 7.83. The minimum absolute atomic E-state index is 0.0419. The number of aryl methyl sites for hydroxylation is 1. The highest BCUT2D eigenvalue weighted by atomic mass is 32.2. The second-order valence-electron chi connectivity index (χ2n) is 4.80. The second kappa shape index (κ2) is 5.14. The van der Waals surface area contributed by atoms with Crippen LogP contribution in [0.15, 0.2) is 41.4 Å². The Balaban J connectivity index is 1.91. The number of nitrogens with one attached hydrogen (secondary N) is 1. The molecule has 1 aromatic heterocycles. The van der Waals surface area contributed by atoms with Crippen molar-refractivity contribution in [3.8, 4) is 0 Å². The van der Waals surface area contributed by atoms with Gasteiger partial charge in [-0.05, 0) is 42.2 Å². The highest BCUT2D eigenvalue weighted by Gasteiger charge is 2.28. The van der Waals surface area contributed by atoms with E-state index in [0.29, 0.717) is 23.5 Å². The van der Waals surface area contributed by atoms with Gasteiger partial charge in [0.05, 0.1) is 6.61 Å². The van der Waals surface area contributed by atoms with Gasteiger partial charge in [-0.2, -0.15) is 8.42 Å². The molecule has 0 aliphatic carbocycles. The number of pyridine rings is 1. The molecule has 0 fully saturated rings. The quantitative estimate of drug-likeness (QED) is 0.802. The third-order valence-electron chi connectivity index (χ3n) is 3.20. The van der Waals surface area contributed by atoms with E-state index in [1.165, 1.54) is 6.07 Å². The maximum absolute atomic E-state index is 12.3. The standard InChI is InChI=1S/C13H13BN2O4S/c1-9-3-2-4-13(15-9)21(18,19)16-11-6-5-10-8-20-14(17)12(10)7-11/h2-7,16-17H,8H2,1H3. The van der Waals surface area contributed by atoms with Crippen LogP contribution in [0.1, 0.15) is 11.3 Å². The van der Waals surface area contributed by atoms with Crippen LogP contribution in [0.3, 0.4) is 0 Å². The summed E-state index contributed by atoms with van der Waals surface area (Å²) in [6.07, 6.45) is 0. The zero-order valence-corrected chi connectivity index (χ0v) is 12.1. The van der Waals surface area contributed by atoms with Crippen LogP contribution in [-0.4, -0.2) is 25.5 Å². The molecule has 0 unspecified atom stereocenters. The first kappa shape index (κ1) is 14.1. The lowest BCUT2D eigenvalue weighted by molar-refractivity contribution is 0.275. The molecule has 0 saturated carbocycles. The number of fused-ring (bicyclic) bond motifs is 1. The Morgan fingerprint density at radius 2 is 2.14 bits per heavy atom. The number of hydrogen-bond donors (Lipinski definition) is 2. The van der Waals surface area contributed by atoms with Gasteiger partial charge in [0.2, 0.25) is 0 Å². The van der Waals surface area contributed by atoms with Gasteiger partial charge in [-0.1, -0.05) is 12.1 Å². The third kappa shape index (κ3) is 2.78. The predicted molar refractivity (Wildman–Crippen MR) is 78.6 cm³/mol. The van der Waals surface area contributed by atoms with Crippen molar-refractivity contribution >= 4 is 28.3 Å². The van der Waals surface area contributed by atoms with Crippen LogP contribution in [-0.2, 0) is 21.3 Å². The molecule has 0 spiro atoms. The van der Waals surface area contributed by atoms with E-state index in [4.69, 9.17) is 4.65 Å². The number of anilines is 1. The lowest BCUT2D eigenvalue weighted by Crippen LogP contribution is -2.28. The van der Waals surface area contributed by atoms with Gasteiger partial charge in [0.1, 0.15) is 0 Å². The summed E-state index contributed by atoms with van der Waals surface area (Å²) in [5, 5.41) is 9.60. The molecule has 0 bridgehead atoms. The van der Waals surface area contributed by atoms with Gasteiger partial charge in [0.15, 0.2) is 5.03 Å². The van der Waals surface area contributed by atoms with Gasteiger partial charge in [-0.3, -0.25) is 4.72 Å². The maximum atomic E-state index is 12.3. The molecule has 2 N–H and O–H groups in total. The van der Waals surface area contributed by atoms with Crippen LogP contribution < -0.4 is 10.2 Å². The van der Waals surface area contributed by atoms with Gasteiger partial charge < -0.3 is 9.68 Å². The molecular weight excluding hydrogens is 291 g/mol. The van der Waals surface area contributed by atoms with E-state index < -0.39 is 17.1 Å². The molecular formula is C13H13BN2O4S. The van der Waals surface area contributed by atoms with Crippen molar-refractivity contribution in [3.05, 3.63) is 47.7 Å². The monoisotopic (exact) mass is 304 g/mol.